The summed E-state index contributed by atoms with van der Waals surface area (Å²) in [4.78, 5) is 26.6. The highest BCUT2D eigenvalue weighted by molar-refractivity contribution is 6.22. The summed E-state index contributed by atoms with van der Waals surface area (Å²) in [5, 5.41) is 18.7. The number of aliphatic hydroxyl groups is 1. The zero-order chi connectivity index (χ0) is 17.8. The molecule has 0 unspecified atom stereocenters. The van der Waals surface area contributed by atoms with E-state index in [0.29, 0.717) is 4.90 Å². The van der Waals surface area contributed by atoms with Crippen LogP contribution in [0.3, 0.4) is 0 Å². The van der Waals surface area contributed by atoms with Crippen LogP contribution < -0.4 is 4.90 Å². The second-order valence-corrected chi connectivity index (χ2v) is 5.69. The van der Waals surface area contributed by atoms with Crippen molar-refractivity contribution >= 4 is 17.6 Å². The van der Waals surface area contributed by atoms with Crippen LogP contribution in [0.4, 0.5) is 23.7 Å². The summed E-state index contributed by atoms with van der Waals surface area (Å²) >= 11 is 0. The minimum absolute atomic E-state index is 0.161. The molecule has 126 valence electrons. The molecule has 6 nitrogen and oxygen atoms in total. The van der Waals surface area contributed by atoms with Crippen LogP contribution in [0.2, 0.25) is 0 Å². The number of benzene rings is 1. The third-order valence-corrected chi connectivity index (χ3v) is 4.36. The highest BCUT2D eigenvalue weighted by Gasteiger charge is 2.53. The molecule has 0 spiro atoms. The van der Waals surface area contributed by atoms with Gasteiger partial charge in [0.1, 0.15) is 6.04 Å². The Morgan fingerprint density at radius 1 is 1.33 bits per heavy atom. The fraction of sp³-hybridized carbons (Fsp3) is 0.400. The zero-order valence-corrected chi connectivity index (χ0v) is 12.5. The quantitative estimate of drug-likeness (QED) is 0.791. The first-order chi connectivity index (χ1) is 11.2. The number of fused-ring (bicyclic) bond motifs is 1. The first-order valence-electron chi connectivity index (χ1n) is 7.12. The molecule has 0 saturated carbocycles. The number of carbonyl (C=O) groups excluding carboxylic acids is 2. The molecule has 2 saturated heterocycles. The summed E-state index contributed by atoms with van der Waals surface area (Å²) in [6, 6.07) is 1.72. The van der Waals surface area contributed by atoms with Crippen LogP contribution in [0, 0.1) is 18.3 Å². The topological polar surface area (TPSA) is 84.6 Å². The molecular weight excluding hydrogens is 327 g/mol. The van der Waals surface area contributed by atoms with Gasteiger partial charge >= 0.3 is 12.2 Å². The Kier molecular flexibility index (Phi) is 3.53. The number of hydrogen-bond acceptors (Lipinski definition) is 4. The van der Waals surface area contributed by atoms with E-state index in [1.807, 2.05) is 0 Å². The monoisotopic (exact) mass is 339 g/mol. The number of imide groups is 1. The fourth-order valence-electron chi connectivity index (χ4n) is 3.27. The van der Waals surface area contributed by atoms with Gasteiger partial charge in [0.2, 0.25) is 0 Å². The second-order valence-electron chi connectivity index (χ2n) is 5.69. The van der Waals surface area contributed by atoms with Gasteiger partial charge in [0, 0.05) is 6.54 Å². The maximum Gasteiger partial charge on any atom is 0.418 e. The molecule has 0 bridgehead atoms. The van der Waals surface area contributed by atoms with E-state index in [1.54, 1.807) is 0 Å². The lowest BCUT2D eigenvalue weighted by Crippen LogP contribution is -2.37. The molecule has 0 radical (unpaired) electrons. The molecule has 24 heavy (non-hydrogen) atoms. The van der Waals surface area contributed by atoms with Gasteiger partial charge in [-0.1, -0.05) is 0 Å². The number of aliphatic hydroxyl groups excluding tert-OH is 1. The van der Waals surface area contributed by atoms with Crippen LogP contribution in [0.15, 0.2) is 12.1 Å². The maximum absolute atomic E-state index is 13.3. The van der Waals surface area contributed by atoms with Crippen LogP contribution in [0.1, 0.15) is 23.1 Å². The Balaban J connectivity index is 2.13. The number of nitriles is 1. The smallest absolute Gasteiger partial charge is 0.390 e. The normalized spacial score (nSPS) is 23.7. The number of alkyl halides is 3. The average Bonchev–Trinajstić information content (AvgIpc) is 2.99. The third kappa shape index (κ3) is 2.14. The van der Waals surface area contributed by atoms with Gasteiger partial charge in [-0.25, -0.2) is 9.69 Å². The van der Waals surface area contributed by atoms with Gasteiger partial charge in [0.25, 0.3) is 5.91 Å². The fourth-order valence-corrected chi connectivity index (χ4v) is 3.27. The van der Waals surface area contributed by atoms with Gasteiger partial charge in [-0.05, 0) is 31.0 Å². The van der Waals surface area contributed by atoms with Crippen molar-refractivity contribution in [2.24, 2.45) is 0 Å². The first kappa shape index (κ1) is 16.3. The zero-order valence-electron chi connectivity index (χ0n) is 12.5. The van der Waals surface area contributed by atoms with Crippen LogP contribution in [-0.2, 0) is 11.0 Å². The Bertz CT molecular complexity index is 785. The van der Waals surface area contributed by atoms with Crippen molar-refractivity contribution in [1.29, 1.82) is 5.26 Å². The van der Waals surface area contributed by atoms with E-state index in [4.69, 9.17) is 5.26 Å². The number of urea groups is 1. The number of anilines is 1. The molecule has 2 atom stereocenters. The molecule has 2 aliphatic rings. The van der Waals surface area contributed by atoms with Crippen molar-refractivity contribution in [3.63, 3.8) is 0 Å². The standard InChI is InChI=1S/C15H12F3N3O3/c1-7-9(3-2-8(6-19)11(7)15(16,17)18)21-13(23)12-10(22)4-5-20(12)14(21)24/h2-3,10,12,22H,4-5H2,1H3/t10-,12+/m0/s1. The van der Waals surface area contributed by atoms with Crippen molar-refractivity contribution in [1.82, 2.24) is 4.90 Å². The van der Waals surface area contributed by atoms with Crippen molar-refractivity contribution in [2.75, 3.05) is 11.4 Å². The molecule has 2 aliphatic heterocycles. The maximum atomic E-state index is 13.3. The number of amides is 3. The lowest BCUT2D eigenvalue weighted by Gasteiger charge is -2.21. The number of nitrogens with zero attached hydrogens (tertiary/aromatic N) is 3. The molecule has 9 heteroatoms. The van der Waals surface area contributed by atoms with Crippen LogP contribution in [0.5, 0.6) is 0 Å². The molecule has 1 aromatic rings. The average molecular weight is 339 g/mol. The van der Waals surface area contributed by atoms with E-state index in [-0.39, 0.29) is 24.2 Å². The minimum atomic E-state index is -4.80. The van der Waals surface area contributed by atoms with Gasteiger partial charge in [-0.15, -0.1) is 0 Å². The van der Waals surface area contributed by atoms with Crippen molar-refractivity contribution in [3.8, 4) is 6.07 Å². The number of hydrogen-bond donors (Lipinski definition) is 1. The van der Waals surface area contributed by atoms with E-state index < -0.39 is 41.4 Å². The van der Waals surface area contributed by atoms with Gasteiger partial charge in [0.15, 0.2) is 0 Å². The summed E-state index contributed by atoms with van der Waals surface area (Å²) in [6.07, 6.45) is -5.59. The molecule has 0 aromatic heterocycles. The van der Waals surface area contributed by atoms with E-state index >= 15 is 0 Å². The largest absolute Gasteiger partial charge is 0.418 e. The van der Waals surface area contributed by atoms with E-state index in [0.717, 1.165) is 24.0 Å². The predicted molar refractivity (Wildman–Crippen MR) is 74.9 cm³/mol. The number of rotatable bonds is 1. The summed E-state index contributed by atoms with van der Waals surface area (Å²) in [5.74, 6) is -0.758. The summed E-state index contributed by atoms with van der Waals surface area (Å²) in [6.45, 7) is 1.27. The Hall–Kier alpha value is -2.60. The summed E-state index contributed by atoms with van der Waals surface area (Å²) in [5.41, 5.74) is -2.35. The predicted octanol–water partition coefficient (Wildman–Crippen LogP) is 1.79. The summed E-state index contributed by atoms with van der Waals surface area (Å²) < 4.78 is 39.8. The SMILES string of the molecule is Cc1c(N2C(=O)[C@H]3[C@@H](O)CCN3C2=O)ccc(C#N)c1C(F)(F)F. The molecule has 1 aromatic carbocycles. The third-order valence-electron chi connectivity index (χ3n) is 4.36. The second kappa shape index (κ2) is 5.21. The van der Waals surface area contributed by atoms with Gasteiger partial charge in [-0.2, -0.15) is 18.4 Å². The first-order valence-corrected chi connectivity index (χ1v) is 7.12. The Morgan fingerprint density at radius 2 is 2.00 bits per heavy atom. The van der Waals surface area contributed by atoms with Crippen LogP contribution in [0.25, 0.3) is 0 Å². The molecule has 0 aliphatic carbocycles. The minimum Gasteiger partial charge on any atom is -0.390 e. The Morgan fingerprint density at radius 3 is 2.54 bits per heavy atom. The Labute approximate surface area is 134 Å². The van der Waals surface area contributed by atoms with Gasteiger partial charge in [0.05, 0.1) is 29.0 Å². The van der Waals surface area contributed by atoms with Gasteiger partial charge in [-0.3, -0.25) is 4.79 Å². The van der Waals surface area contributed by atoms with Crippen molar-refractivity contribution in [3.05, 3.63) is 28.8 Å². The van der Waals surface area contributed by atoms with Crippen molar-refractivity contribution in [2.45, 2.75) is 31.7 Å². The lowest BCUT2D eigenvalue weighted by molar-refractivity contribution is -0.138. The highest BCUT2D eigenvalue weighted by Crippen LogP contribution is 2.40. The van der Waals surface area contributed by atoms with Crippen molar-refractivity contribution < 1.29 is 27.9 Å². The molecule has 2 fully saturated rings. The molecular formula is C15H12F3N3O3. The number of halogens is 3. The molecule has 2 heterocycles. The van der Waals surface area contributed by atoms with E-state index in [9.17, 15) is 27.9 Å². The van der Waals surface area contributed by atoms with Crippen LogP contribution in [-0.4, -0.2) is 40.6 Å². The van der Waals surface area contributed by atoms with E-state index in [2.05, 4.69) is 0 Å². The number of carbonyl (C=O) groups is 2. The lowest BCUT2D eigenvalue weighted by atomic mass is 9.99. The van der Waals surface area contributed by atoms with E-state index in [1.165, 1.54) is 6.07 Å². The molecule has 3 rings (SSSR count). The highest BCUT2D eigenvalue weighted by atomic mass is 19.4. The van der Waals surface area contributed by atoms with Crippen LogP contribution >= 0.6 is 0 Å². The van der Waals surface area contributed by atoms with Gasteiger partial charge < -0.3 is 10.0 Å². The molecule has 3 amide bonds. The molecule has 1 N–H and O–H groups in total. The summed E-state index contributed by atoms with van der Waals surface area (Å²) in [7, 11) is 0.